The summed E-state index contributed by atoms with van der Waals surface area (Å²) in [6.07, 6.45) is 2.75. The van der Waals surface area contributed by atoms with Crippen LogP contribution in [0.15, 0.2) is 66.8 Å². The third-order valence-electron chi connectivity index (χ3n) is 11.9. The molecule has 0 spiro atoms. The molecule has 1 saturated heterocycles. The minimum atomic E-state index is -2.68. The first-order valence-corrected chi connectivity index (χ1v) is 22.2. The van der Waals surface area contributed by atoms with E-state index in [0.29, 0.717) is 70.6 Å². The Balaban J connectivity index is 1.08. The number of hydrogen-bond donors (Lipinski definition) is 4. The Labute approximate surface area is 376 Å². The summed E-state index contributed by atoms with van der Waals surface area (Å²) < 4.78 is 62.5. The zero-order valence-corrected chi connectivity index (χ0v) is 37.2. The number of amides is 4. The maximum atomic E-state index is 16.7. The number of benzene rings is 1. The molecule has 16 nitrogen and oxygen atoms in total. The average molecular weight is 918 g/mol. The molecule has 1 aliphatic carbocycles. The van der Waals surface area contributed by atoms with Crippen molar-refractivity contribution in [3.8, 4) is 11.3 Å². The molecular formula is C45H50F3N9O7S. The second-order valence-electron chi connectivity index (χ2n) is 16.5. The Kier molecular flexibility index (Phi) is 13.2. The highest BCUT2D eigenvalue weighted by atomic mass is 32.1. The van der Waals surface area contributed by atoms with E-state index in [1.165, 1.54) is 26.4 Å². The van der Waals surface area contributed by atoms with E-state index in [9.17, 15) is 28.0 Å². The number of allylic oxidation sites excluding steroid dienone is 2. The van der Waals surface area contributed by atoms with Gasteiger partial charge >= 0.3 is 12.2 Å². The molecule has 5 atom stereocenters. The molecule has 5 aromatic rings. The second-order valence-corrected chi connectivity index (χ2v) is 17.6. The molecule has 65 heavy (non-hydrogen) atoms. The normalized spacial score (nSPS) is 19.7. The Morgan fingerprint density at radius 1 is 1.03 bits per heavy atom. The molecule has 4 amide bonds. The molecule has 0 saturated carbocycles. The first-order chi connectivity index (χ1) is 31.3. The smallest absolute Gasteiger partial charge is 0.407 e. The number of halogens is 3. The van der Waals surface area contributed by atoms with Gasteiger partial charge in [-0.05, 0) is 67.7 Å². The molecule has 0 radical (unpaired) electrons. The van der Waals surface area contributed by atoms with Gasteiger partial charge in [-0.1, -0.05) is 26.8 Å². The predicted octanol–water partition coefficient (Wildman–Crippen LogP) is 7.87. The van der Waals surface area contributed by atoms with Gasteiger partial charge < -0.3 is 49.2 Å². The monoisotopic (exact) mass is 917 g/mol. The number of H-pyrrole nitrogens is 2. The van der Waals surface area contributed by atoms with E-state index < -0.39 is 48.7 Å². The maximum absolute atomic E-state index is 16.7. The summed E-state index contributed by atoms with van der Waals surface area (Å²) in [5.41, 5.74) is 3.72. The average Bonchev–Trinajstić information content (AvgIpc) is 4.15. The second kappa shape index (κ2) is 19.0. The summed E-state index contributed by atoms with van der Waals surface area (Å²) >= 11 is 0.935. The highest BCUT2D eigenvalue weighted by Gasteiger charge is 2.42. The molecule has 20 heteroatoms. The van der Waals surface area contributed by atoms with Crippen molar-refractivity contribution in [3.63, 3.8) is 0 Å². The van der Waals surface area contributed by atoms with E-state index in [2.05, 4.69) is 35.3 Å². The number of nitrogens with zero attached hydrogens (tertiary/aromatic N) is 5. The van der Waals surface area contributed by atoms with Crippen LogP contribution in [0.2, 0.25) is 0 Å². The van der Waals surface area contributed by atoms with Crippen molar-refractivity contribution in [1.29, 1.82) is 0 Å². The summed E-state index contributed by atoms with van der Waals surface area (Å²) in [5.74, 6) is -1.03. The molecule has 4 N–H and O–H groups in total. The van der Waals surface area contributed by atoms with Gasteiger partial charge in [0.05, 0.1) is 77.9 Å². The number of carbonyl (C=O) groups is 4. The minimum Gasteiger partial charge on any atom is -0.453 e. The number of methoxy groups -OCH3 is 2. The number of alkyl carbamates (subject to hydrolysis) is 2. The molecule has 6 heterocycles. The lowest BCUT2D eigenvalue weighted by molar-refractivity contribution is -0.135. The van der Waals surface area contributed by atoms with Crippen LogP contribution in [0.5, 0.6) is 0 Å². The van der Waals surface area contributed by atoms with Crippen LogP contribution in [0.25, 0.3) is 27.7 Å². The van der Waals surface area contributed by atoms with Crippen LogP contribution in [-0.2, 0) is 30.3 Å². The van der Waals surface area contributed by atoms with Gasteiger partial charge in [0.25, 0.3) is 6.43 Å². The number of rotatable bonds is 14. The SMILES string of the molecule is CCCN(Cc1ncc(-c2ccc3c(c2)cc2n3C(c3ccc(C(F)F)s3)OC3C=C(c4cnc([C@@H]5CCCN5C(=O)CNC(=O)OC)[nH]4)C=C(F)C23)[nH]1)C(=O)[C@@H](NC(=O)OC)C(C)C. The number of carbonyl (C=O) groups excluding carboxylic acids is 4. The lowest BCUT2D eigenvalue weighted by Gasteiger charge is -2.38. The fraction of sp³-hybridized carbons (Fsp3) is 0.422. The molecule has 1 fully saturated rings. The number of nitrogens with one attached hydrogen (secondary N) is 4. The van der Waals surface area contributed by atoms with Gasteiger partial charge in [0.1, 0.15) is 30.1 Å². The van der Waals surface area contributed by atoms with Gasteiger partial charge in [-0.15, -0.1) is 11.3 Å². The number of thiophene rings is 1. The largest absolute Gasteiger partial charge is 0.453 e. The van der Waals surface area contributed by atoms with Gasteiger partial charge in [0.15, 0.2) is 6.23 Å². The first kappa shape index (κ1) is 45.2. The summed E-state index contributed by atoms with van der Waals surface area (Å²) in [5, 5.41) is 5.82. The van der Waals surface area contributed by atoms with E-state index in [-0.39, 0.29) is 41.7 Å². The quantitative estimate of drug-likeness (QED) is 0.0860. The molecule has 1 aromatic carbocycles. The van der Waals surface area contributed by atoms with Gasteiger partial charge in [-0.3, -0.25) is 9.59 Å². The number of likely N-dealkylation sites (tertiary alicyclic amines) is 1. The van der Waals surface area contributed by atoms with E-state index in [0.717, 1.165) is 28.7 Å². The summed E-state index contributed by atoms with van der Waals surface area (Å²) in [4.78, 5) is 69.8. The first-order valence-electron chi connectivity index (χ1n) is 21.4. The molecule has 0 bridgehead atoms. The molecule has 3 aliphatic rings. The molecule has 2 aliphatic heterocycles. The standard InChI is InChI=1S/C45H50F3N9O7S/c1-6-13-55(42(59)39(23(2)3)54-45(61)63-5)22-36-49-19-28(52-36)24-9-10-30-26(15-24)17-32-38-27(46)16-25(18-33(38)64-43(57(30)32)35-12-11-34(65-35)40(47)48)29-20-50-41(53-29)31-8-7-14-56(31)37(58)21-51-44(60)62-4/h9-12,15-20,23,31,33,38-40,43H,6-8,13-14,21-22H2,1-5H3,(H,49,52)(H,50,53)(H,51,60)(H,54,61)/t31-,33?,38?,39-,43?/m0/s1. The molecule has 4 aromatic heterocycles. The van der Waals surface area contributed by atoms with E-state index in [1.807, 2.05) is 49.6 Å². The van der Waals surface area contributed by atoms with Crippen molar-refractivity contribution in [2.75, 3.05) is 33.9 Å². The fourth-order valence-electron chi connectivity index (χ4n) is 8.79. The van der Waals surface area contributed by atoms with Crippen molar-refractivity contribution in [2.45, 2.75) is 83.3 Å². The lowest BCUT2D eigenvalue weighted by atomic mass is 9.87. The number of fused-ring (bicyclic) bond motifs is 5. The van der Waals surface area contributed by atoms with Gasteiger partial charge in [-0.25, -0.2) is 32.7 Å². The summed E-state index contributed by atoms with van der Waals surface area (Å²) in [6.45, 7) is 6.49. The van der Waals surface area contributed by atoms with Crippen LogP contribution in [0.4, 0.5) is 22.8 Å². The van der Waals surface area contributed by atoms with Crippen LogP contribution in [0.3, 0.4) is 0 Å². The van der Waals surface area contributed by atoms with Crippen LogP contribution in [-0.4, -0.2) is 104 Å². The summed E-state index contributed by atoms with van der Waals surface area (Å²) in [6, 6.07) is 9.42. The number of alkyl halides is 2. The van der Waals surface area contributed by atoms with Crippen LogP contribution < -0.4 is 10.6 Å². The Morgan fingerprint density at radius 3 is 2.54 bits per heavy atom. The predicted molar refractivity (Wildman–Crippen MR) is 234 cm³/mol. The molecule has 344 valence electrons. The van der Waals surface area contributed by atoms with Crippen molar-refractivity contribution < 1.29 is 46.6 Å². The minimum absolute atomic E-state index is 0.115. The van der Waals surface area contributed by atoms with Crippen molar-refractivity contribution in [1.82, 2.24) is 44.9 Å². The topological polar surface area (TPSA) is 189 Å². The highest BCUT2D eigenvalue weighted by molar-refractivity contribution is 7.12. The number of imidazole rings is 2. The highest BCUT2D eigenvalue weighted by Crippen LogP contribution is 2.49. The molecular weight excluding hydrogens is 868 g/mol. The van der Waals surface area contributed by atoms with Gasteiger partial charge in [0, 0.05) is 35.3 Å². The Hall–Kier alpha value is -6.41. The van der Waals surface area contributed by atoms with Gasteiger partial charge in [-0.2, -0.15) is 0 Å². The van der Waals surface area contributed by atoms with E-state index in [1.54, 1.807) is 34.3 Å². The van der Waals surface area contributed by atoms with Gasteiger partial charge in [0.2, 0.25) is 11.8 Å². The third-order valence-corrected chi connectivity index (χ3v) is 13.0. The van der Waals surface area contributed by atoms with Crippen LogP contribution in [0, 0.1) is 5.92 Å². The zero-order chi connectivity index (χ0) is 46.1. The fourth-order valence-corrected chi connectivity index (χ4v) is 9.68. The third kappa shape index (κ3) is 9.13. The van der Waals surface area contributed by atoms with E-state index >= 15 is 4.39 Å². The number of aromatic nitrogens is 5. The lowest BCUT2D eigenvalue weighted by Crippen LogP contribution is -2.51. The number of aromatic amines is 2. The van der Waals surface area contributed by atoms with Crippen LogP contribution >= 0.6 is 11.3 Å². The zero-order valence-electron chi connectivity index (χ0n) is 36.4. The van der Waals surface area contributed by atoms with Crippen molar-refractivity contribution >= 4 is 51.8 Å². The van der Waals surface area contributed by atoms with Crippen molar-refractivity contribution in [2.24, 2.45) is 5.92 Å². The number of hydrogen-bond acceptors (Lipinski definition) is 10. The Morgan fingerprint density at radius 2 is 1.82 bits per heavy atom. The van der Waals surface area contributed by atoms with E-state index in [4.69, 9.17) is 9.47 Å². The number of ether oxygens (including phenoxy) is 3. The maximum Gasteiger partial charge on any atom is 0.407 e. The summed E-state index contributed by atoms with van der Waals surface area (Å²) in [7, 11) is 2.46. The van der Waals surface area contributed by atoms with Crippen molar-refractivity contribution in [3.05, 3.63) is 99.6 Å². The molecule has 8 rings (SSSR count). The van der Waals surface area contributed by atoms with Crippen LogP contribution in [0.1, 0.15) is 97.4 Å². The Bertz CT molecular complexity index is 2650. The molecule has 3 unspecified atom stereocenters.